The monoisotopic (exact) mass is 387 g/mol. The molecular weight excluding hydrogens is 366 g/mol. The van der Waals surface area contributed by atoms with Gasteiger partial charge in [0.2, 0.25) is 10.0 Å². The Morgan fingerprint density at radius 2 is 1.78 bits per heavy atom. The Morgan fingerprint density at radius 1 is 1.11 bits per heavy atom. The first-order valence-electron chi connectivity index (χ1n) is 8.42. The van der Waals surface area contributed by atoms with Gasteiger partial charge in [0.1, 0.15) is 28.1 Å². The Labute approximate surface area is 157 Å². The predicted octanol–water partition coefficient (Wildman–Crippen LogP) is 3.51. The molecule has 0 unspecified atom stereocenters. The van der Waals surface area contributed by atoms with Crippen LogP contribution >= 0.6 is 0 Å². The molecule has 0 fully saturated rings. The number of aryl methyl sites for hydroxylation is 2. The summed E-state index contributed by atoms with van der Waals surface area (Å²) in [5.41, 5.74) is 2.45. The molecule has 2 aromatic carbocycles. The Bertz CT molecular complexity index is 1190. The number of sulfonamides is 1. The molecule has 0 aliphatic rings. The van der Waals surface area contributed by atoms with E-state index in [0.717, 1.165) is 5.56 Å². The third-order valence-electron chi connectivity index (χ3n) is 4.53. The summed E-state index contributed by atoms with van der Waals surface area (Å²) in [5.74, 6) is 0.683. The van der Waals surface area contributed by atoms with Crippen molar-refractivity contribution < 1.29 is 17.6 Å². The van der Waals surface area contributed by atoms with Crippen LogP contribution in [0.15, 0.2) is 50.5 Å². The molecule has 7 heteroatoms. The van der Waals surface area contributed by atoms with E-state index in [-0.39, 0.29) is 16.1 Å². The van der Waals surface area contributed by atoms with Crippen LogP contribution in [0, 0.1) is 20.8 Å². The maximum atomic E-state index is 12.6. The molecule has 0 saturated heterocycles. The van der Waals surface area contributed by atoms with Crippen LogP contribution in [0.3, 0.4) is 0 Å². The lowest BCUT2D eigenvalue weighted by Gasteiger charge is -2.19. The Hall–Kier alpha value is -2.64. The molecule has 3 aromatic rings. The number of ether oxygens (including phenoxy) is 1. The predicted molar refractivity (Wildman–Crippen MR) is 104 cm³/mol. The van der Waals surface area contributed by atoms with Crippen LogP contribution in [0.25, 0.3) is 11.0 Å². The van der Waals surface area contributed by atoms with Crippen LogP contribution < -0.4 is 15.3 Å². The average Bonchev–Trinajstić information content (AvgIpc) is 2.59. The van der Waals surface area contributed by atoms with Crippen molar-refractivity contribution in [3.05, 3.63) is 69.1 Å². The molecule has 1 aromatic heterocycles. The second kappa shape index (κ2) is 6.83. The first kappa shape index (κ1) is 19.1. The zero-order valence-electron chi connectivity index (χ0n) is 15.6. The fourth-order valence-corrected chi connectivity index (χ4v) is 3.68. The molecular formula is C20H21NO5S. The maximum absolute atomic E-state index is 12.6. The fraction of sp³-hybridized carbons (Fsp3) is 0.250. The summed E-state index contributed by atoms with van der Waals surface area (Å²) < 4.78 is 35.4. The van der Waals surface area contributed by atoms with E-state index in [1.807, 2.05) is 13.0 Å². The number of fused-ring (bicyclic) bond motifs is 1. The Kier molecular flexibility index (Phi) is 4.84. The molecule has 0 bridgehead atoms. The summed E-state index contributed by atoms with van der Waals surface area (Å²) in [5, 5.41) is 5.75. The molecule has 0 aliphatic heterocycles. The fourth-order valence-electron chi connectivity index (χ4n) is 3.01. The van der Waals surface area contributed by atoms with Crippen LogP contribution in [-0.2, 0) is 10.0 Å². The summed E-state index contributed by atoms with van der Waals surface area (Å²) in [6.07, 6.45) is -0.569. The van der Waals surface area contributed by atoms with E-state index in [2.05, 4.69) is 0 Å². The van der Waals surface area contributed by atoms with Gasteiger partial charge in [0.25, 0.3) is 0 Å². The van der Waals surface area contributed by atoms with Gasteiger partial charge >= 0.3 is 0 Å². The quantitative estimate of drug-likeness (QED) is 0.738. The Morgan fingerprint density at radius 3 is 2.44 bits per heavy atom. The van der Waals surface area contributed by atoms with Gasteiger partial charge in [0.05, 0.1) is 5.39 Å². The van der Waals surface area contributed by atoms with Crippen molar-refractivity contribution in [1.82, 2.24) is 0 Å². The lowest BCUT2D eigenvalue weighted by molar-refractivity contribution is 0.220. The molecule has 1 heterocycles. The van der Waals surface area contributed by atoms with Crippen molar-refractivity contribution in [2.45, 2.75) is 38.7 Å². The minimum absolute atomic E-state index is 0.0872. The molecule has 3 rings (SSSR count). The SMILES string of the molecule is Cc1cc([C@@H](C)Oc2ccccc2S(N)(=O)=O)c2oc(C)c(C)c(=O)c2c1. The van der Waals surface area contributed by atoms with E-state index in [1.54, 1.807) is 45.0 Å². The summed E-state index contributed by atoms with van der Waals surface area (Å²) in [6, 6.07) is 9.81. The van der Waals surface area contributed by atoms with Gasteiger partial charge in [0.15, 0.2) is 5.43 Å². The van der Waals surface area contributed by atoms with Crippen molar-refractivity contribution in [1.29, 1.82) is 0 Å². The van der Waals surface area contributed by atoms with E-state index < -0.39 is 16.1 Å². The van der Waals surface area contributed by atoms with Gasteiger partial charge in [-0.05, 0) is 57.5 Å². The zero-order chi connectivity index (χ0) is 19.9. The summed E-state index contributed by atoms with van der Waals surface area (Å²) >= 11 is 0. The number of benzene rings is 2. The first-order valence-corrected chi connectivity index (χ1v) is 9.97. The third-order valence-corrected chi connectivity index (χ3v) is 5.48. The van der Waals surface area contributed by atoms with Crippen LogP contribution in [0.1, 0.15) is 35.5 Å². The molecule has 1 atom stereocenters. The lowest BCUT2D eigenvalue weighted by Crippen LogP contribution is -2.15. The molecule has 27 heavy (non-hydrogen) atoms. The highest BCUT2D eigenvalue weighted by Crippen LogP contribution is 2.32. The third kappa shape index (κ3) is 3.61. The van der Waals surface area contributed by atoms with E-state index in [9.17, 15) is 13.2 Å². The minimum atomic E-state index is -3.93. The number of hydrogen-bond donors (Lipinski definition) is 1. The maximum Gasteiger partial charge on any atom is 0.241 e. The molecule has 0 aliphatic carbocycles. The van der Waals surface area contributed by atoms with Gasteiger partial charge in [-0.1, -0.05) is 12.1 Å². The molecule has 0 radical (unpaired) electrons. The molecule has 2 N–H and O–H groups in total. The highest BCUT2D eigenvalue weighted by Gasteiger charge is 2.21. The molecule has 0 spiro atoms. The zero-order valence-corrected chi connectivity index (χ0v) is 16.4. The molecule has 6 nitrogen and oxygen atoms in total. The van der Waals surface area contributed by atoms with Crippen molar-refractivity contribution in [2.24, 2.45) is 5.14 Å². The van der Waals surface area contributed by atoms with Crippen molar-refractivity contribution in [3.63, 3.8) is 0 Å². The van der Waals surface area contributed by atoms with Crippen LogP contribution in [0.5, 0.6) is 5.75 Å². The summed E-state index contributed by atoms with van der Waals surface area (Å²) in [4.78, 5) is 12.5. The van der Waals surface area contributed by atoms with Gasteiger partial charge in [0, 0.05) is 11.1 Å². The number of para-hydroxylation sites is 1. The standard InChI is InChI=1S/C20H21NO5S/c1-11-9-15(20-16(10-11)19(22)12(2)13(3)26-20)14(4)25-17-7-5-6-8-18(17)27(21,23)24/h5-10,14H,1-4H3,(H2,21,23,24)/t14-/m1/s1. The summed E-state index contributed by atoms with van der Waals surface area (Å²) in [6.45, 7) is 7.11. The highest BCUT2D eigenvalue weighted by atomic mass is 32.2. The van der Waals surface area contributed by atoms with Crippen LogP contribution in [0.4, 0.5) is 0 Å². The highest BCUT2D eigenvalue weighted by molar-refractivity contribution is 7.89. The van der Waals surface area contributed by atoms with E-state index in [0.29, 0.717) is 27.9 Å². The second-order valence-corrected chi connectivity index (χ2v) is 8.12. The second-order valence-electron chi connectivity index (χ2n) is 6.60. The van der Waals surface area contributed by atoms with Gasteiger partial charge in [-0.15, -0.1) is 0 Å². The van der Waals surface area contributed by atoms with Crippen molar-refractivity contribution >= 4 is 21.0 Å². The number of primary sulfonamides is 1. The average molecular weight is 387 g/mol. The molecule has 0 amide bonds. The van der Waals surface area contributed by atoms with E-state index in [4.69, 9.17) is 14.3 Å². The minimum Gasteiger partial charge on any atom is -0.484 e. The lowest BCUT2D eigenvalue weighted by atomic mass is 10.0. The van der Waals surface area contributed by atoms with Gasteiger partial charge in [-0.2, -0.15) is 0 Å². The molecule has 142 valence electrons. The first-order chi connectivity index (χ1) is 12.6. The van der Waals surface area contributed by atoms with Gasteiger partial charge in [-0.3, -0.25) is 4.79 Å². The van der Waals surface area contributed by atoms with Gasteiger partial charge in [-0.25, -0.2) is 13.6 Å². The van der Waals surface area contributed by atoms with Crippen molar-refractivity contribution in [2.75, 3.05) is 0 Å². The number of rotatable bonds is 4. The number of hydrogen-bond acceptors (Lipinski definition) is 5. The van der Waals surface area contributed by atoms with Crippen LogP contribution in [0.2, 0.25) is 0 Å². The van der Waals surface area contributed by atoms with E-state index in [1.165, 1.54) is 6.07 Å². The van der Waals surface area contributed by atoms with Gasteiger partial charge < -0.3 is 9.15 Å². The molecule has 0 saturated carbocycles. The van der Waals surface area contributed by atoms with Crippen LogP contribution in [-0.4, -0.2) is 8.42 Å². The smallest absolute Gasteiger partial charge is 0.241 e. The normalized spacial score (nSPS) is 12.9. The topological polar surface area (TPSA) is 99.6 Å². The van der Waals surface area contributed by atoms with Crippen molar-refractivity contribution in [3.8, 4) is 5.75 Å². The van der Waals surface area contributed by atoms with E-state index >= 15 is 0 Å². The summed E-state index contributed by atoms with van der Waals surface area (Å²) in [7, 11) is -3.93. The largest absolute Gasteiger partial charge is 0.484 e. The Balaban J connectivity index is 2.16. The number of nitrogens with two attached hydrogens (primary N) is 1.